The third-order valence-electron chi connectivity index (χ3n) is 3.39. The van der Waals surface area contributed by atoms with Gasteiger partial charge in [0.2, 0.25) is 0 Å². The van der Waals surface area contributed by atoms with Crippen molar-refractivity contribution in [1.82, 2.24) is 5.32 Å². The second-order valence-corrected chi connectivity index (χ2v) is 4.61. The molecule has 19 heavy (non-hydrogen) atoms. The molecule has 1 aromatic rings. The molecule has 108 valence electrons. The van der Waals surface area contributed by atoms with Gasteiger partial charge >= 0.3 is 0 Å². The SMILES string of the molecule is CNC(CCC(C)OC)c1cc(OC)cc(OC)c1. The summed E-state index contributed by atoms with van der Waals surface area (Å²) in [5, 5.41) is 3.33. The number of hydrogen-bond acceptors (Lipinski definition) is 4. The zero-order chi connectivity index (χ0) is 14.3. The van der Waals surface area contributed by atoms with Crippen molar-refractivity contribution < 1.29 is 14.2 Å². The van der Waals surface area contributed by atoms with Gasteiger partial charge in [-0.3, -0.25) is 0 Å². The number of methoxy groups -OCH3 is 3. The molecular formula is C15H25NO3. The summed E-state index contributed by atoms with van der Waals surface area (Å²) in [4.78, 5) is 0. The average Bonchev–Trinajstić information content (AvgIpc) is 2.46. The van der Waals surface area contributed by atoms with E-state index in [2.05, 4.69) is 12.2 Å². The molecule has 0 fully saturated rings. The molecule has 0 saturated carbocycles. The minimum Gasteiger partial charge on any atom is -0.497 e. The Morgan fingerprint density at radius 1 is 1.00 bits per heavy atom. The van der Waals surface area contributed by atoms with Gasteiger partial charge in [0.15, 0.2) is 0 Å². The van der Waals surface area contributed by atoms with Crippen LogP contribution in [-0.4, -0.2) is 34.5 Å². The van der Waals surface area contributed by atoms with Gasteiger partial charge in [-0.2, -0.15) is 0 Å². The van der Waals surface area contributed by atoms with E-state index in [9.17, 15) is 0 Å². The summed E-state index contributed by atoms with van der Waals surface area (Å²) in [5.41, 5.74) is 1.17. The lowest BCUT2D eigenvalue weighted by Gasteiger charge is -2.20. The Bertz CT molecular complexity index is 359. The molecule has 0 aliphatic carbocycles. The monoisotopic (exact) mass is 267 g/mol. The summed E-state index contributed by atoms with van der Waals surface area (Å²) in [6, 6.07) is 6.23. The van der Waals surface area contributed by atoms with E-state index in [0.29, 0.717) is 0 Å². The Labute approximate surface area is 116 Å². The van der Waals surface area contributed by atoms with Crippen LogP contribution in [0.25, 0.3) is 0 Å². The first-order valence-corrected chi connectivity index (χ1v) is 6.57. The summed E-state index contributed by atoms with van der Waals surface area (Å²) < 4.78 is 15.9. The highest BCUT2D eigenvalue weighted by atomic mass is 16.5. The van der Waals surface area contributed by atoms with Crippen molar-refractivity contribution in [1.29, 1.82) is 0 Å². The number of nitrogens with one attached hydrogen (secondary N) is 1. The molecule has 0 heterocycles. The largest absolute Gasteiger partial charge is 0.497 e. The molecule has 0 bridgehead atoms. The standard InChI is InChI=1S/C15H25NO3/c1-11(17-3)6-7-15(16-2)12-8-13(18-4)10-14(9-12)19-5/h8-11,15-16H,6-7H2,1-5H3. The smallest absolute Gasteiger partial charge is 0.122 e. The van der Waals surface area contributed by atoms with Gasteiger partial charge in [0, 0.05) is 19.2 Å². The molecule has 1 rings (SSSR count). The van der Waals surface area contributed by atoms with E-state index in [1.54, 1.807) is 21.3 Å². The van der Waals surface area contributed by atoms with Gasteiger partial charge < -0.3 is 19.5 Å². The molecule has 4 nitrogen and oxygen atoms in total. The Morgan fingerprint density at radius 3 is 2.00 bits per heavy atom. The molecule has 0 aliphatic heterocycles. The van der Waals surface area contributed by atoms with Crippen LogP contribution in [0, 0.1) is 0 Å². The van der Waals surface area contributed by atoms with Crippen molar-refractivity contribution in [3.8, 4) is 11.5 Å². The lowest BCUT2D eigenvalue weighted by atomic mass is 10.00. The van der Waals surface area contributed by atoms with Crippen molar-refractivity contribution >= 4 is 0 Å². The van der Waals surface area contributed by atoms with Gasteiger partial charge in [-0.05, 0) is 44.5 Å². The van der Waals surface area contributed by atoms with Crippen molar-refractivity contribution in [3.63, 3.8) is 0 Å². The molecule has 0 aromatic heterocycles. The fraction of sp³-hybridized carbons (Fsp3) is 0.600. The lowest BCUT2D eigenvalue weighted by molar-refractivity contribution is 0.106. The first-order chi connectivity index (χ1) is 9.14. The van der Waals surface area contributed by atoms with Crippen LogP contribution in [0.5, 0.6) is 11.5 Å². The highest BCUT2D eigenvalue weighted by Crippen LogP contribution is 2.28. The summed E-state index contributed by atoms with van der Waals surface area (Å²) in [7, 11) is 7.04. The molecule has 1 N–H and O–H groups in total. The maximum absolute atomic E-state index is 5.31. The molecule has 0 radical (unpaired) electrons. The molecule has 0 aliphatic rings. The van der Waals surface area contributed by atoms with Crippen LogP contribution in [0.4, 0.5) is 0 Å². The maximum atomic E-state index is 5.31. The van der Waals surface area contributed by atoms with Gasteiger partial charge in [0.1, 0.15) is 11.5 Å². The van der Waals surface area contributed by atoms with Crippen LogP contribution in [-0.2, 0) is 4.74 Å². The third kappa shape index (κ3) is 4.73. The van der Waals surface area contributed by atoms with Crippen molar-refractivity contribution in [2.75, 3.05) is 28.4 Å². The van der Waals surface area contributed by atoms with Gasteiger partial charge in [-0.1, -0.05) is 0 Å². The van der Waals surface area contributed by atoms with E-state index in [-0.39, 0.29) is 12.1 Å². The number of rotatable bonds is 8. The molecule has 1 aromatic carbocycles. The molecular weight excluding hydrogens is 242 g/mol. The van der Waals surface area contributed by atoms with Crippen LogP contribution in [0.1, 0.15) is 31.4 Å². The summed E-state index contributed by atoms with van der Waals surface area (Å²) in [6.45, 7) is 2.08. The van der Waals surface area contributed by atoms with E-state index in [0.717, 1.165) is 24.3 Å². The van der Waals surface area contributed by atoms with E-state index < -0.39 is 0 Å². The van der Waals surface area contributed by atoms with E-state index in [1.165, 1.54) is 5.56 Å². The molecule has 0 saturated heterocycles. The summed E-state index contributed by atoms with van der Waals surface area (Å²) >= 11 is 0. The predicted molar refractivity (Wildman–Crippen MR) is 77.1 cm³/mol. The van der Waals surface area contributed by atoms with E-state index in [4.69, 9.17) is 14.2 Å². The van der Waals surface area contributed by atoms with E-state index in [1.807, 2.05) is 25.2 Å². The van der Waals surface area contributed by atoms with Crippen LogP contribution in [0.2, 0.25) is 0 Å². The predicted octanol–water partition coefficient (Wildman–Crippen LogP) is 2.78. The molecule has 0 spiro atoms. The zero-order valence-corrected chi connectivity index (χ0v) is 12.5. The quantitative estimate of drug-likeness (QED) is 0.786. The second kappa shape index (κ2) is 8.02. The number of hydrogen-bond donors (Lipinski definition) is 1. The summed E-state index contributed by atoms with van der Waals surface area (Å²) in [5.74, 6) is 1.63. The Hall–Kier alpha value is -1.26. The zero-order valence-electron chi connectivity index (χ0n) is 12.5. The minimum atomic E-state index is 0.265. The topological polar surface area (TPSA) is 39.7 Å². The molecule has 2 unspecified atom stereocenters. The Morgan fingerprint density at radius 2 is 1.58 bits per heavy atom. The summed E-state index contributed by atoms with van der Waals surface area (Å²) in [6.07, 6.45) is 2.27. The molecule has 0 amide bonds. The fourth-order valence-corrected chi connectivity index (χ4v) is 2.03. The van der Waals surface area contributed by atoms with E-state index >= 15 is 0 Å². The van der Waals surface area contributed by atoms with Gasteiger partial charge in [0.25, 0.3) is 0 Å². The molecule has 4 heteroatoms. The Kier molecular flexibility index (Phi) is 6.67. The fourth-order valence-electron chi connectivity index (χ4n) is 2.03. The highest BCUT2D eigenvalue weighted by molar-refractivity contribution is 5.39. The highest BCUT2D eigenvalue weighted by Gasteiger charge is 2.13. The van der Waals surface area contributed by atoms with Crippen LogP contribution < -0.4 is 14.8 Å². The lowest BCUT2D eigenvalue weighted by Crippen LogP contribution is -2.18. The third-order valence-corrected chi connectivity index (χ3v) is 3.39. The van der Waals surface area contributed by atoms with Crippen LogP contribution >= 0.6 is 0 Å². The average molecular weight is 267 g/mol. The van der Waals surface area contributed by atoms with Gasteiger partial charge in [-0.15, -0.1) is 0 Å². The Balaban J connectivity index is 2.84. The van der Waals surface area contributed by atoms with Crippen LogP contribution in [0.3, 0.4) is 0 Å². The van der Waals surface area contributed by atoms with Crippen molar-refractivity contribution in [2.45, 2.75) is 31.9 Å². The number of ether oxygens (including phenoxy) is 3. The molecule has 2 atom stereocenters. The van der Waals surface area contributed by atoms with Gasteiger partial charge in [-0.25, -0.2) is 0 Å². The first-order valence-electron chi connectivity index (χ1n) is 6.57. The van der Waals surface area contributed by atoms with Crippen molar-refractivity contribution in [3.05, 3.63) is 23.8 Å². The first kappa shape index (κ1) is 15.8. The van der Waals surface area contributed by atoms with Gasteiger partial charge in [0.05, 0.1) is 20.3 Å². The van der Waals surface area contributed by atoms with Crippen LogP contribution in [0.15, 0.2) is 18.2 Å². The maximum Gasteiger partial charge on any atom is 0.122 e. The second-order valence-electron chi connectivity index (χ2n) is 4.61. The minimum absolute atomic E-state index is 0.265. The van der Waals surface area contributed by atoms with Crippen molar-refractivity contribution in [2.24, 2.45) is 0 Å². The normalized spacial score (nSPS) is 13.9. The number of benzene rings is 1.